The third-order valence-corrected chi connectivity index (χ3v) is 6.80. The predicted molar refractivity (Wildman–Crippen MR) is 134 cm³/mol. The summed E-state index contributed by atoms with van der Waals surface area (Å²) in [5.74, 6) is -0.684. The number of rotatable bonds is 5. The molecule has 5 rings (SSSR count). The van der Waals surface area contributed by atoms with E-state index in [2.05, 4.69) is 0 Å². The van der Waals surface area contributed by atoms with Crippen LogP contribution in [0.2, 0.25) is 0 Å². The monoisotopic (exact) mass is 488 g/mol. The highest BCUT2D eigenvalue weighted by Crippen LogP contribution is 2.25. The van der Waals surface area contributed by atoms with Crippen LogP contribution in [0.25, 0.3) is 16.9 Å². The Morgan fingerprint density at radius 1 is 0.914 bits per heavy atom. The Balaban J connectivity index is 1.71. The highest BCUT2D eigenvalue weighted by Gasteiger charge is 2.17. The van der Waals surface area contributed by atoms with Gasteiger partial charge in [-0.25, -0.2) is 18.5 Å². The van der Waals surface area contributed by atoms with Crippen molar-refractivity contribution in [2.75, 3.05) is 0 Å². The Morgan fingerprint density at radius 3 is 2.31 bits per heavy atom. The van der Waals surface area contributed by atoms with Gasteiger partial charge in [0.05, 0.1) is 23.6 Å². The quantitative estimate of drug-likeness (QED) is 0.319. The lowest BCUT2D eigenvalue weighted by atomic mass is 10.1. The van der Waals surface area contributed by atoms with E-state index in [1.54, 1.807) is 39.7 Å². The van der Waals surface area contributed by atoms with Gasteiger partial charge in [-0.1, -0.05) is 42.5 Å². The zero-order chi connectivity index (χ0) is 24.5. The maximum atomic E-state index is 14.7. The van der Waals surface area contributed by atoms with E-state index < -0.39 is 0 Å². The number of hydrogen-bond acceptors (Lipinski definition) is 3. The van der Waals surface area contributed by atoms with E-state index in [0.717, 1.165) is 11.3 Å². The largest absolute Gasteiger partial charge is 0.312 e. The minimum Gasteiger partial charge on any atom is -0.312 e. The minimum atomic E-state index is -0.355. The van der Waals surface area contributed by atoms with Crippen molar-refractivity contribution in [3.63, 3.8) is 0 Å². The van der Waals surface area contributed by atoms with Crippen molar-refractivity contribution in [1.82, 2.24) is 13.9 Å². The van der Waals surface area contributed by atoms with Crippen LogP contribution in [0.4, 0.5) is 14.5 Å². The van der Waals surface area contributed by atoms with Gasteiger partial charge in [0.2, 0.25) is 0 Å². The molecular formula is C27H22F2N4OS. The lowest BCUT2D eigenvalue weighted by Gasteiger charge is -2.10. The summed E-state index contributed by atoms with van der Waals surface area (Å²) < 4.78 is 33.4. The highest BCUT2D eigenvalue weighted by atomic mass is 32.1. The molecule has 0 radical (unpaired) electrons. The van der Waals surface area contributed by atoms with Gasteiger partial charge < -0.3 is 4.57 Å². The van der Waals surface area contributed by atoms with E-state index >= 15 is 0 Å². The Kier molecular flexibility index (Phi) is 6.05. The smallest absolute Gasteiger partial charge is 0.297 e. The van der Waals surface area contributed by atoms with Crippen molar-refractivity contribution in [1.29, 1.82) is 0 Å². The van der Waals surface area contributed by atoms with Crippen LogP contribution in [0.15, 0.2) is 94.0 Å². The van der Waals surface area contributed by atoms with Crippen molar-refractivity contribution < 1.29 is 8.78 Å². The predicted octanol–water partition coefficient (Wildman–Crippen LogP) is 5.57. The van der Waals surface area contributed by atoms with Crippen molar-refractivity contribution in [2.24, 2.45) is 12.0 Å². The fraction of sp³-hybridized carbons (Fsp3) is 0.111. The standard InChI is InChI=1S/C27H22F2N4OS/c1-18-25(26(34)33(31(18)2)21-8-4-3-5-9-21)30-27-32(16-19-12-14-20(28)15-13-19)24(17-35-27)22-10-6-7-11-23(22)29/h3-15,17H,16H2,1-2H3. The van der Waals surface area contributed by atoms with E-state index in [4.69, 9.17) is 4.99 Å². The molecule has 5 nitrogen and oxygen atoms in total. The summed E-state index contributed by atoms with van der Waals surface area (Å²) in [7, 11) is 1.81. The molecule has 0 aliphatic rings. The molecule has 0 N–H and O–H groups in total. The molecule has 0 amide bonds. The zero-order valence-electron chi connectivity index (χ0n) is 19.2. The summed E-state index contributed by atoms with van der Waals surface area (Å²) in [6, 6.07) is 22.0. The Labute approximate surface area is 204 Å². The molecule has 0 unspecified atom stereocenters. The number of aromatic nitrogens is 3. The molecule has 176 valence electrons. The fourth-order valence-corrected chi connectivity index (χ4v) is 4.91. The van der Waals surface area contributed by atoms with Crippen LogP contribution >= 0.6 is 11.3 Å². The summed E-state index contributed by atoms with van der Waals surface area (Å²) in [6.45, 7) is 2.18. The molecule has 5 aromatic rings. The molecular weight excluding hydrogens is 466 g/mol. The minimum absolute atomic E-state index is 0.245. The fourth-order valence-electron chi connectivity index (χ4n) is 4.01. The number of benzene rings is 3. The molecule has 0 saturated carbocycles. The highest BCUT2D eigenvalue weighted by molar-refractivity contribution is 7.07. The van der Waals surface area contributed by atoms with Crippen LogP contribution in [0.5, 0.6) is 0 Å². The van der Waals surface area contributed by atoms with Crippen molar-refractivity contribution in [2.45, 2.75) is 13.5 Å². The van der Waals surface area contributed by atoms with Crippen molar-refractivity contribution >= 4 is 17.0 Å². The number of thiazole rings is 1. The van der Waals surface area contributed by atoms with Crippen LogP contribution in [-0.4, -0.2) is 13.9 Å². The van der Waals surface area contributed by atoms with Crippen LogP contribution in [-0.2, 0) is 13.6 Å². The summed E-state index contributed by atoms with van der Waals surface area (Å²) >= 11 is 1.32. The average Bonchev–Trinajstić information content (AvgIpc) is 3.35. The van der Waals surface area contributed by atoms with Crippen LogP contribution in [0, 0.1) is 18.6 Å². The molecule has 2 heterocycles. The van der Waals surface area contributed by atoms with Gasteiger partial charge in [-0.2, -0.15) is 0 Å². The SMILES string of the molecule is Cc1c(N=c2scc(-c3ccccc3F)n2Cc2ccc(F)cc2)c(=O)n(-c2ccccc2)n1C. The molecule has 0 spiro atoms. The molecule has 8 heteroatoms. The number of hydrogen-bond donors (Lipinski definition) is 0. The summed E-state index contributed by atoms with van der Waals surface area (Å²) in [5, 5.41) is 1.83. The van der Waals surface area contributed by atoms with Gasteiger partial charge in [0.15, 0.2) is 10.5 Å². The first-order valence-electron chi connectivity index (χ1n) is 11.0. The molecule has 0 aliphatic carbocycles. The van der Waals surface area contributed by atoms with E-state index in [-0.39, 0.29) is 17.2 Å². The molecule has 0 fully saturated rings. The van der Waals surface area contributed by atoms with Crippen LogP contribution in [0.1, 0.15) is 11.3 Å². The summed E-state index contributed by atoms with van der Waals surface area (Å²) in [6.07, 6.45) is 0. The lowest BCUT2D eigenvalue weighted by molar-refractivity contribution is 0.625. The topological polar surface area (TPSA) is 44.2 Å². The lowest BCUT2D eigenvalue weighted by Crippen LogP contribution is -2.20. The van der Waals surface area contributed by atoms with Gasteiger partial charge >= 0.3 is 0 Å². The second-order valence-electron chi connectivity index (χ2n) is 8.12. The molecule has 3 aromatic carbocycles. The zero-order valence-corrected chi connectivity index (χ0v) is 20.0. The second kappa shape index (κ2) is 9.31. The third-order valence-electron chi connectivity index (χ3n) is 5.93. The van der Waals surface area contributed by atoms with Gasteiger partial charge in [0, 0.05) is 18.0 Å². The van der Waals surface area contributed by atoms with E-state index in [0.29, 0.717) is 34.0 Å². The molecule has 0 saturated heterocycles. The van der Waals surface area contributed by atoms with Gasteiger partial charge in [0.1, 0.15) is 11.6 Å². The molecule has 0 bridgehead atoms. The van der Waals surface area contributed by atoms with E-state index in [1.165, 1.54) is 29.5 Å². The van der Waals surface area contributed by atoms with Crippen LogP contribution < -0.4 is 10.4 Å². The number of nitrogens with zero attached hydrogens (tertiary/aromatic N) is 4. The van der Waals surface area contributed by atoms with Crippen molar-refractivity contribution in [3.05, 3.63) is 122 Å². The van der Waals surface area contributed by atoms with Gasteiger partial charge in [-0.05, 0) is 48.9 Å². The molecule has 0 aliphatic heterocycles. The van der Waals surface area contributed by atoms with Gasteiger partial charge in [-0.3, -0.25) is 9.48 Å². The Hall–Kier alpha value is -4.04. The molecule has 2 aromatic heterocycles. The average molecular weight is 489 g/mol. The molecule has 0 atom stereocenters. The second-order valence-corrected chi connectivity index (χ2v) is 8.95. The Morgan fingerprint density at radius 2 is 1.60 bits per heavy atom. The maximum absolute atomic E-state index is 14.7. The summed E-state index contributed by atoms with van der Waals surface area (Å²) in [4.78, 5) is 18.7. The summed E-state index contributed by atoms with van der Waals surface area (Å²) in [5.41, 5.74) is 3.40. The van der Waals surface area contributed by atoms with E-state index in [9.17, 15) is 13.6 Å². The Bertz CT molecular complexity index is 1630. The number of halogens is 2. The first kappa shape index (κ1) is 22.7. The molecule has 35 heavy (non-hydrogen) atoms. The normalized spacial score (nSPS) is 11.8. The number of para-hydroxylation sites is 1. The third kappa shape index (κ3) is 4.28. The first-order chi connectivity index (χ1) is 16.9. The maximum Gasteiger partial charge on any atom is 0.297 e. The van der Waals surface area contributed by atoms with Gasteiger partial charge in [-0.15, -0.1) is 11.3 Å². The van der Waals surface area contributed by atoms with E-state index in [1.807, 2.05) is 54.3 Å². The van der Waals surface area contributed by atoms with Gasteiger partial charge in [0.25, 0.3) is 5.56 Å². The van der Waals surface area contributed by atoms with Crippen LogP contribution in [0.3, 0.4) is 0 Å². The first-order valence-corrected chi connectivity index (χ1v) is 11.9. The van der Waals surface area contributed by atoms with Crippen molar-refractivity contribution in [3.8, 4) is 16.9 Å².